The molecular formula is C32H42ClN5O4S. The molecule has 2 amide bonds. The van der Waals surface area contributed by atoms with Gasteiger partial charge >= 0.3 is 0 Å². The number of carbonyl (C=O) groups excluding carboxylic acids is 3. The van der Waals surface area contributed by atoms with Gasteiger partial charge in [0.25, 0.3) is 17.0 Å². The number of nitrogens with one attached hydrogen (secondary N) is 1. The van der Waals surface area contributed by atoms with E-state index in [4.69, 9.17) is 4.42 Å². The van der Waals surface area contributed by atoms with Crippen molar-refractivity contribution >= 4 is 42.3 Å². The topological polar surface area (TPSA) is 109 Å². The van der Waals surface area contributed by atoms with Crippen molar-refractivity contribution < 1.29 is 18.8 Å². The van der Waals surface area contributed by atoms with E-state index in [0.717, 1.165) is 32.4 Å². The first-order valence-electron chi connectivity index (χ1n) is 14.7. The molecule has 1 aromatic heterocycles. The second-order valence-electron chi connectivity index (χ2n) is 11.4. The van der Waals surface area contributed by atoms with E-state index in [9.17, 15) is 14.4 Å². The smallest absolute Gasteiger partial charge is 0.286 e. The molecule has 1 aliphatic carbocycles. The summed E-state index contributed by atoms with van der Waals surface area (Å²) in [6, 6.07) is 18.3. The molecule has 0 bridgehead atoms. The summed E-state index contributed by atoms with van der Waals surface area (Å²) in [5.41, 5.74) is 0.763. The molecule has 1 unspecified atom stereocenters. The highest BCUT2D eigenvalue weighted by Crippen LogP contribution is 2.35. The number of aromatic nitrogens is 2. The van der Waals surface area contributed by atoms with Crippen LogP contribution in [0, 0.1) is 5.92 Å². The molecule has 1 saturated carbocycles. The Morgan fingerprint density at radius 2 is 1.67 bits per heavy atom. The largest absolute Gasteiger partial charge is 0.408 e. The maximum atomic E-state index is 13.9. The van der Waals surface area contributed by atoms with Crippen LogP contribution in [-0.2, 0) is 11.3 Å². The zero-order chi connectivity index (χ0) is 30.0. The van der Waals surface area contributed by atoms with Crippen molar-refractivity contribution in [3.8, 4) is 0 Å². The van der Waals surface area contributed by atoms with Crippen molar-refractivity contribution in [3.63, 3.8) is 0 Å². The number of ketones is 1. The summed E-state index contributed by atoms with van der Waals surface area (Å²) in [5, 5.41) is 11.7. The fourth-order valence-corrected chi connectivity index (χ4v) is 6.31. The first-order valence-corrected chi connectivity index (χ1v) is 15.6. The van der Waals surface area contributed by atoms with Gasteiger partial charge in [-0.15, -0.1) is 22.6 Å². The molecular weight excluding hydrogens is 586 g/mol. The Hall–Kier alpha value is -3.21. The van der Waals surface area contributed by atoms with Gasteiger partial charge in [0.1, 0.15) is 11.7 Å². The van der Waals surface area contributed by atoms with Gasteiger partial charge < -0.3 is 19.5 Å². The Labute approximate surface area is 264 Å². The standard InChI is InChI=1S/C32H41N5O4S.ClH/c1-24(2)21-27(37(23-38)32(17-11-6-12-18-32)33-29(40)26-15-9-5-10-16-26)28(39)30-34-35-31(41-30)42-20-19-36(3)22-25-13-7-4-8-14-25;/h4-5,7-10,13-16,23-24,27H,6,11-12,17-22H2,1-3H3,(H,33,40);1H. The monoisotopic (exact) mass is 627 g/mol. The van der Waals surface area contributed by atoms with Crippen molar-refractivity contribution in [2.45, 2.75) is 75.8 Å². The summed E-state index contributed by atoms with van der Waals surface area (Å²) in [4.78, 5) is 43.7. The zero-order valence-electron chi connectivity index (χ0n) is 25.1. The van der Waals surface area contributed by atoms with Crippen LogP contribution >= 0.6 is 24.2 Å². The lowest BCUT2D eigenvalue weighted by atomic mass is 9.84. The van der Waals surface area contributed by atoms with E-state index in [2.05, 4.69) is 39.6 Å². The Morgan fingerprint density at radius 1 is 1.02 bits per heavy atom. The van der Waals surface area contributed by atoms with Crippen LogP contribution in [0.1, 0.15) is 79.0 Å². The number of nitrogens with zero attached hydrogens (tertiary/aromatic N) is 4. The number of rotatable bonds is 15. The number of hydrogen-bond acceptors (Lipinski definition) is 8. The summed E-state index contributed by atoms with van der Waals surface area (Å²) in [7, 11) is 2.05. The summed E-state index contributed by atoms with van der Waals surface area (Å²) < 4.78 is 5.82. The maximum absolute atomic E-state index is 13.9. The molecule has 1 atom stereocenters. The number of amides is 2. The van der Waals surface area contributed by atoms with Crippen LogP contribution in [0.4, 0.5) is 0 Å². The highest BCUT2D eigenvalue weighted by Gasteiger charge is 2.45. The highest BCUT2D eigenvalue weighted by molar-refractivity contribution is 7.99. The molecule has 232 valence electrons. The van der Waals surface area contributed by atoms with Crippen molar-refractivity contribution in [2.75, 3.05) is 19.3 Å². The number of Topliss-reactive ketones (excluding diaryl/α,β-unsaturated/α-hetero) is 1. The Balaban J connectivity index is 0.00000506. The predicted molar refractivity (Wildman–Crippen MR) is 170 cm³/mol. The number of benzene rings is 2. The molecule has 43 heavy (non-hydrogen) atoms. The lowest BCUT2D eigenvalue weighted by molar-refractivity contribution is -0.129. The maximum Gasteiger partial charge on any atom is 0.286 e. The zero-order valence-corrected chi connectivity index (χ0v) is 26.7. The van der Waals surface area contributed by atoms with Crippen molar-refractivity contribution in [3.05, 3.63) is 77.7 Å². The van der Waals surface area contributed by atoms with Crippen LogP contribution in [0.15, 0.2) is 70.3 Å². The van der Waals surface area contributed by atoms with E-state index >= 15 is 0 Å². The Bertz CT molecular complexity index is 1300. The molecule has 1 aliphatic rings. The molecule has 11 heteroatoms. The first-order chi connectivity index (χ1) is 20.3. The number of hydrogen-bond donors (Lipinski definition) is 1. The molecule has 1 fully saturated rings. The van der Waals surface area contributed by atoms with Crippen molar-refractivity contribution in [1.82, 2.24) is 25.3 Å². The van der Waals surface area contributed by atoms with Crippen LogP contribution in [-0.4, -0.2) is 69.1 Å². The minimum atomic E-state index is -0.983. The van der Waals surface area contributed by atoms with Crippen LogP contribution in [0.25, 0.3) is 0 Å². The normalized spacial score (nSPS) is 15.0. The molecule has 3 aromatic rings. The minimum absolute atomic E-state index is 0. The fraction of sp³-hybridized carbons (Fsp3) is 0.469. The molecule has 1 heterocycles. The number of thioether (sulfide) groups is 1. The fourth-order valence-electron chi connectivity index (χ4n) is 5.50. The van der Waals surface area contributed by atoms with E-state index in [0.29, 0.717) is 42.2 Å². The van der Waals surface area contributed by atoms with Gasteiger partial charge in [-0.2, -0.15) is 0 Å². The summed E-state index contributed by atoms with van der Waals surface area (Å²) in [6.07, 6.45) is 4.90. The third kappa shape index (κ3) is 9.39. The number of carbonyl (C=O) groups is 3. The lowest BCUT2D eigenvalue weighted by Crippen LogP contribution is -2.65. The predicted octanol–water partition coefficient (Wildman–Crippen LogP) is 5.86. The molecule has 0 radical (unpaired) electrons. The second kappa shape index (κ2) is 16.6. The summed E-state index contributed by atoms with van der Waals surface area (Å²) >= 11 is 1.40. The molecule has 2 aromatic carbocycles. The van der Waals surface area contributed by atoms with E-state index < -0.39 is 17.5 Å². The number of halogens is 1. The van der Waals surface area contributed by atoms with Gasteiger partial charge in [-0.25, -0.2) is 0 Å². The third-order valence-corrected chi connectivity index (χ3v) is 8.41. The SMILES string of the molecule is CC(C)CC(C(=O)c1nnc(SCCN(C)Cc2ccccc2)o1)N(C=O)C1(NC(=O)c2ccccc2)CCCCC1.Cl. The summed E-state index contributed by atoms with van der Waals surface area (Å²) in [6.45, 7) is 5.63. The van der Waals surface area contributed by atoms with Crippen LogP contribution < -0.4 is 5.32 Å². The van der Waals surface area contributed by atoms with Crippen LogP contribution in [0.2, 0.25) is 0 Å². The summed E-state index contributed by atoms with van der Waals surface area (Å²) in [5.74, 6) is 0.0183. The average Bonchev–Trinajstić information content (AvgIpc) is 3.47. The quantitative estimate of drug-likeness (QED) is 0.0966. The van der Waals surface area contributed by atoms with Gasteiger partial charge in [-0.1, -0.05) is 80.6 Å². The van der Waals surface area contributed by atoms with E-state index in [1.807, 2.05) is 38.1 Å². The van der Waals surface area contributed by atoms with Gasteiger partial charge in [0.15, 0.2) is 0 Å². The first kappa shape index (κ1) is 34.3. The van der Waals surface area contributed by atoms with Crippen LogP contribution in [0.3, 0.4) is 0 Å². The Morgan fingerprint density at radius 3 is 2.30 bits per heavy atom. The molecule has 4 rings (SSSR count). The third-order valence-electron chi connectivity index (χ3n) is 7.61. The second-order valence-corrected chi connectivity index (χ2v) is 12.4. The highest BCUT2D eigenvalue weighted by atomic mass is 35.5. The van der Waals surface area contributed by atoms with Gasteiger partial charge in [0.05, 0.1) is 0 Å². The van der Waals surface area contributed by atoms with Gasteiger partial charge in [0.2, 0.25) is 12.2 Å². The van der Waals surface area contributed by atoms with Gasteiger partial charge in [-0.3, -0.25) is 14.4 Å². The van der Waals surface area contributed by atoms with Crippen LogP contribution in [0.5, 0.6) is 0 Å². The molecule has 9 nitrogen and oxygen atoms in total. The molecule has 0 aliphatic heterocycles. The van der Waals surface area contributed by atoms with E-state index in [-0.39, 0.29) is 30.1 Å². The van der Waals surface area contributed by atoms with Gasteiger partial charge in [0, 0.05) is 24.4 Å². The van der Waals surface area contributed by atoms with E-state index in [1.165, 1.54) is 22.2 Å². The van der Waals surface area contributed by atoms with Gasteiger partial charge in [-0.05, 0) is 62.8 Å². The van der Waals surface area contributed by atoms with Crippen molar-refractivity contribution in [2.24, 2.45) is 5.92 Å². The van der Waals surface area contributed by atoms with E-state index in [1.54, 1.807) is 24.3 Å². The Kier molecular flexibility index (Phi) is 13.2. The lowest BCUT2D eigenvalue weighted by Gasteiger charge is -2.48. The molecule has 0 saturated heterocycles. The molecule has 0 spiro atoms. The average molecular weight is 628 g/mol. The minimum Gasteiger partial charge on any atom is -0.408 e. The molecule has 1 N–H and O–H groups in total. The van der Waals surface area contributed by atoms with Crippen molar-refractivity contribution in [1.29, 1.82) is 0 Å².